The molecule has 1 aromatic heterocycles. The van der Waals surface area contributed by atoms with E-state index < -0.39 is 0 Å². The zero-order valence-corrected chi connectivity index (χ0v) is 9.73. The molecule has 0 aliphatic carbocycles. The molecule has 2 nitrogen and oxygen atoms in total. The van der Waals surface area contributed by atoms with Gasteiger partial charge in [-0.05, 0) is 42.7 Å². The van der Waals surface area contributed by atoms with Crippen LogP contribution >= 0.6 is 0 Å². The Balaban J connectivity index is 2.17. The number of aryl methyl sites for hydroxylation is 1. The molecule has 3 heteroatoms. The standard InChI is InChI=1S/C14H15FN2/c1-10-8-12(6-7-17-10)14(16)9-11-4-2-3-5-13(11)15/h2-8,14H,9,16H2,1H3. The zero-order valence-electron chi connectivity index (χ0n) is 9.73. The molecule has 2 rings (SSSR count). The summed E-state index contributed by atoms with van der Waals surface area (Å²) in [5, 5.41) is 0. The summed E-state index contributed by atoms with van der Waals surface area (Å²) in [7, 11) is 0. The predicted octanol–water partition coefficient (Wildman–Crippen LogP) is 2.77. The van der Waals surface area contributed by atoms with E-state index in [2.05, 4.69) is 4.98 Å². The summed E-state index contributed by atoms with van der Waals surface area (Å²) in [6.45, 7) is 1.92. The van der Waals surface area contributed by atoms with E-state index >= 15 is 0 Å². The molecule has 0 bridgehead atoms. The van der Waals surface area contributed by atoms with Gasteiger partial charge in [0.15, 0.2) is 0 Å². The predicted molar refractivity (Wildman–Crippen MR) is 66.0 cm³/mol. The Morgan fingerprint density at radius 2 is 2.06 bits per heavy atom. The molecule has 2 aromatic rings. The first-order valence-electron chi connectivity index (χ1n) is 5.58. The number of pyridine rings is 1. The van der Waals surface area contributed by atoms with Gasteiger partial charge in [-0.3, -0.25) is 4.98 Å². The van der Waals surface area contributed by atoms with Crippen molar-refractivity contribution in [2.45, 2.75) is 19.4 Å². The van der Waals surface area contributed by atoms with Crippen molar-refractivity contribution in [2.24, 2.45) is 5.73 Å². The minimum Gasteiger partial charge on any atom is -0.324 e. The molecule has 0 fully saturated rings. The summed E-state index contributed by atoms with van der Waals surface area (Å²) in [6, 6.07) is 10.3. The van der Waals surface area contributed by atoms with Crippen LogP contribution in [0.5, 0.6) is 0 Å². The average Bonchev–Trinajstić information content (AvgIpc) is 2.32. The lowest BCUT2D eigenvalue weighted by atomic mass is 10.00. The van der Waals surface area contributed by atoms with E-state index in [0.717, 1.165) is 11.3 Å². The van der Waals surface area contributed by atoms with E-state index in [0.29, 0.717) is 12.0 Å². The van der Waals surface area contributed by atoms with E-state index in [4.69, 9.17) is 5.73 Å². The minimum absolute atomic E-state index is 0.200. The van der Waals surface area contributed by atoms with Crippen LogP contribution in [-0.2, 0) is 6.42 Å². The highest BCUT2D eigenvalue weighted by Gasteiger charge is 2.10. The van der Waals surface area contributed by atoms with Crippen molar-refractivity contribution in [3.8, 4) is 0 Å². The van der Waals surface area contributed by atoms with Gasteiger partial charge >= 0.3 is 0 Å². The molecule has 0 saturated carbocycles. The van der Waals surface area contributed by atoms with Crippen LogP contribution in [-0.4, -0.2) is 4.98 Å². The molecule has 0 radical (unpaired) electrons. The molecule has 88 valence electrons. The SMILES string of the molecule is Cc1cc(C(N)Cc2ccccc2F)ccn1. The van der Waals surface area contributed by atoms with Gasteiger partial charge in [0.25, 0.3) is 0 Å². The fourth-order valence-electron chi connectivity index (χ4n) is 1.82. The van der Waals surface area contributed by atoms with Gasteiger partial charge < -0.3 is 5.73 Å². The quantitative estimate of drug-likeness (QED) is 0.880. The van der Waals surface area contributed by atoms with Crippen LogP contribution in [0.15, 0.2) is 42.6 Å². The second-order valence-electron chi connectivity index (χ2n) is 4.13. The topological polar surface area (TPSA) is 38.9 Å². The molecule has 1 heterocycles. The first-order valence-corrected chi connectivity index (χ1v) is 5.58. The second-order valence-corrected chi connectivity index (χ2v) is 4.13. The van der Waals surface area contributed by atoms with Crippen molar-refractivity contribution >= 4 is 0 Å². The number of aromatic nitrogens is 1. The Morgan fingerprint density at radius 1 is 1.29 bits per heavy atom. The maximum Gasteiger partial charge on any atom is 0.126 e. The largest absolute Gasteiger partial charge is 0.324 e. The molecule has 0 saturated heterocycles. The van der Waals surface area contributed by atoms with Crippen molar-refractivity contribution < 1.29 is 4.39 Å². The monoisotopic (exact) mass is 230 g/mol. The number of nitrogens with two attached hydrogens (primary N) is 1. The number of hydrogen-bond donors (Lipinski definition) is 1. The second kappa shape index (κ2) is 5.06. The molecule has 0 aliphatic rings. The normalized spacial score (nSPS) is 12.4. The van der Waals surface area contributed by atoms with Crippen LogP contribution in [0.25, 0.3) is 0 Å². The third-order valence-electron chi connectivity index (χ3n) is 2.75. The van der Waals surface area contributed by atoms with Crippen LogP contribution in [0.3, 0.4) is 0 Å². The number of halogens is 1. The minimum atomic E-state index is -0.200. The average molecular weight is 230 g/mol. The molecule has 2 N–H and O–H groups in total. The van der Waals surface area contributed by atoms with Gasteiger partial charge in [0.1, 0.15) is 5.82 Å². The van der Waals surface area contributed by atoms with Crippen molar-refractivity contribution in [2.75, 3.05) is 0 Å². The third-order valence-corrected chi connectivity index (χ3v) is 2.75. The van der Waals surface area contributed by atoms with Gasteiger partial charge in [-0.1, -0.05) is 18.2 Å². The number of hydrogen-bond acceptors (Lipinski definition) is 2. The van der Waals surface area contributed by atoms with Gasteiger partial charge in [-0.15, -0.1) is 0 Å². The van der Waals surface area contributed by atoms with Crippen molar-refractivity contribution in [3.63, 3.8) is 0 Å². The van der Waals surface area contributed by atoms with Crippen molar-refractivity contribution in [1.82, 2.24) is 4.98 Å². The Labute approximate surface area is 100 Å². The molecular formula is C14H15FN2. The first-order chi connectivity index (χ1) is 8.16. The summed E-state index contributed by atoms with van der Waals surface area (Å²) in [4.78, 5) is 4.12. The molecular weight excluding hydrogens is 215 g/mol. The fourth-order valence-corrected chi connectivity index (χ4v) is 1.82. The smallest absolute Gasteiger partial charge is 0.126 e. The molecule has 0 amide bonds. The summed E-state index contributed by atoms with van der Waals surface area (Å²) in [5.41, 5.74) is 8.63. The van der Waals surface area contributed by atoms with E-state index in [1.54, 1.807) is 18.3 Å². The van der Waals surface area contributed by atoms with Crippen LogP contribution in [0.4, 0.5) is 4.39 Å². The lowest BCUT2D eigenvalue weighted by Crippen LogP contribution is -2.14. The van der Waals surface area contributed by atoms with Gasteiger partial charge in [0.05, 0.1) is 0 Å². The molecule has 1 unspecified atom stereocenters. The van der Waals surface area contributed by atoms with E-state index in [-0.39, 0.29) is 11.9 Å². The number of rotatable bonds is 3. The highest BCUT2D eigenvalue weighted by molar-refractivity contribution is 5.24. The number of benzene rings is 1. The van der Waals surface area contributed by atoms with Crippen LogP contribution < -0.4 is 5.73 Å². The Kier molecular flexibility index (Phi) is 3.49. The first kappa shape index (κ1) is 11.7. The summed E-state index contributed by atoms with van der Waals surface area (Å²) < 4.78 is 13.5. The molecule has 1 aromatic carbocycles. The molecule has 0 aliphatic heterocycles. The van der Waals surface area contributed by atoms with E-state index in [1.807, 2.05) is 25.1 Å². The summed E-state index contributed by atoms with van der Waals surface area (Å²) >= 11 is 0. The van der Waals surface area contributed by atoms with Crippen LogP contribution in [0, 0.1) is 12.7 Å². The zero-order chi connectivity index (χ0) is 12.3. The fraction of sp³-hybridized carbons (Fsp3) is 0.214. The van der Waals surface area contributed by atoms with Crippen LogP contribution in [0.1, 0.15) is 22.9 Å². The Morgan fingerprint density at radius 3 is 2.76 bits per heavy atom. The summed E-state index contributed by atoms with van der Waals surface area (Å²) in [6.07, 6.45) is 2.22. The third kappa shape index (κ3) is 2.88. The Bertz CT molecular complexity index is 511. The molecule has 1 atom stereocenters. The van der Waals surface area contributed by atoms with Gasteiger partial charge in [-0.2, -0.15) is 0 Å². The van der Waals surface area contributed by atoms with Crippen molar-refractivity contribution in [1.29, 1.82) is 0 Å². The summed E-state index contributed by atoms with van der Waals surface area (Å²) in [5.74, 6) is -0.200. The van der Waals surface area contributed by atoms with Crippen molar-refractivity contribution in [3.05, 3.63) is 65.2 Å². The van der Waals surface area contributed by atoms with Gasteiger partial charge in [-0.25, -0.2) is 4.39 Å². The van der Waals surface area contributed by atoms with E-state index in [9.17, 15) is 4.39 Å². The highest BCUT2D eigenvalue weighted by Crippen LogP contribution is 2.18. The maximum atomic E-state index is 13.5. The van der Waals surface area contributed by atoms with Gasteiger partial charge in [0, 0.05) is 17.9 Å². The Hall–Kier alpha value is -1.74. The molecule has 0 spiro atoms. The maximum absolute atomic E-state index is 13.5. The van der Waals surface area contributed by atoms with Gasteiger partial charge in [0.2, 0.25) is 0 Å². The van der Waals surface area contributed by atoms with E-state index in [1.165, 1.54) is 6.07 Å². The highest BCUT2D eigenvalue weighted by atomic mass is 19.1. The number of nitrogens with zero attached hydrogens (tertiary/aromatic N) is 1. The lowest BCUT2D eigenvalue weighted by Gasteiger charge is -2.13. The molecule has 17 heavy (non-hydrogen) atoms. The lowest BCUT2D eigenvalue weighted by molar-refractivity contribution is 0.593. The van der Waals surface area contributed by atoms with Crippen LogP contribution in [0.2, 0.25) is 0 Å².